The minimum Gasteiger partial charge on any atom is -0.324 e. The number of nitrogens with one attached hydrogen (secondary N) is 1. The molecule has 0 atom stereocenters. The molecule has 0 saturated heterocycles. The van der Waals surface area contributed by atoms with Crippen LogP contribution in [-0.2, 0) is 10.0 Å². The SMILES string of the molecule is CCN(C1=NS(=O)(=O)c2cc(F)ccc2N1)c1ccncc1. The second-order valence-corrected chi connectivity index (χ2v) is 6.18. The van der Waals surface area contributed by atoms with Crippen LogP contribution in [0, 0.1) is 5.82 Å². The van der Waals surface area contributed by atoms with Gasteiger partial charge in [-0.1, -0.05) is 0 Å². The fourth-order valence-corrected chi connectivity index (χ4v) is 3.34. The summed E-state index contributed by atoms with van der Waals surface area (Å²) in [7, 11) is -3.95. The Bertz CT molecular complexity index is 837. The molecule has 114 valence electrons. The number of hydrogen-bond donors (Lipinski definition) is 1. The van der Waals surface area contributed by atoms with Crippen molar-refractivity contribution < 1.29 is 12.8 Å². The number of halogens is 1. The van der Waals surface area contributed by atoms with Crippen molar-refractivity contribution >= 4 is 27.4 Å². The van der Waals surface area contributed by atoms with Crippen LogP contribution in [0.15, 0.2) is 52.0 Å². The largest absolute Gasteiger partial charge is 0.324 e. The van der Waals surface area contributed by atoms with E-state index in [4.69, 9.17) is 0 Å². The molecule has 0 fully saturated rings. The zero-order valence-electron chi connectivity index (χ0n) is 11.7. The first-order valence-electron chi connectivity index (χ1n) is 6.60. The number of rotatable bonds is 2. The number of pyridine rings is 1. The minimum atomic E-state index is -3.95. The van der Waals surface area contributed by atoms with Gasteiger partial charge in [-0.15, -0.1) is 4.40 Å². The van der Waals surface area contributed by atoms with Gasteiger partial charge in [-0.2, -0.15) is 8.42 Å². The molecule has 1 aliphatic heterocycles. The van der Waals surface area contributed by atoms with E-state index in [0.29, 0.717) is 12.2 Å². The number of sulfonamides is 1. The summed E-state index contributed by atoms with van der Waals surface area (Å²) in [6.45, 7) is 2.37. The second-order valence-electron chi connectivity index (χ2n) is 4.61. The third kappa shape index (κ3) is 2.52. The Morgan fingerprint density at radius 3 is 2.64 bits per heavy atom. The van der Waals surface area contributed by atoms with Gasteiger partial charge in [0.05, 0.1) is 5.69 Å². The van der Waals surface area contributed by atoms with Crippen LogP contribution in [0.1, 0.15) is 6.92 Å². The molecule has 3 rings (SSSR count). The Hall–Kier alpha value is -2.48. The molecule has 1 N–H and O–H groups in total. The Balaban J connectivity index is 2.07. The van der Waals surface area contributed by atoms with Gasteiger partial charge in [-0.3, -0.25) is 4.98 Å². The normalized spacial score (nSPS) is 15.5. The van der Waals surface area contributed by atoms with Gasteiger partial charge in [0.15, 0.2) is 0 Å². The van der Waals surface area contributed by atoms with Gasteiger partial charge in [0.25, 0.3) is 10.0 Å². The van der Waals surface area contributed by atoms with Crippen LogP contribution >= 0.6 is 0 Å². The quantitative estimate of drug-likeness (QED) is 0.918. The number of anilines is 2. The summed E-state index contributed by atoms with van der Waals surface area (Å²) in [5.41, 5.74) is 1.06. The number of fused-ring (bicyclic) bond motifs is 1. The van der Waals surface area contributed by atoms with Crippen LogP contribution in [0.4, 0.5) is 15.8 Å². The van der Waals surface area contributed by atoms with E-state index in [-0.39, 0.29) is 10.9 Å². The minimum absolute atomic E-state index is 0.165. The predicted octanol–water partition coefficient (Wildman–Crippen LogP) is 2.22. The average Bonchev–Trinajstić information content (AvgIpc) is 2.49. The van der Waals surface area contributed by atoms with E-state index in [2.05, 4.69) is 14.7 Å². The summed E-state index contributed by atoms with van der Waals surface area (Å²) >= 11 is 0. The first-order chi connectivity index (χ1) is 10.5. The lowest BCUT2D eigenvalue weighted by Gasteiger charge is -2.28. The van der Waals surface area contributed by atoms with Crippen molar-refractivity contribution in [2.45, 2.75) is 11.8 Å². The van der Waals surface area contributed by atoms with Crippen LogP contribution < -0.4 is 10.2 Å². The summed E-state index contributed by atoms with van der Waals surface area (Å²) in [6, 6.07) is 7.05. The molecule has 22 heavy (non-hydrogen) atoms. The Morgan fingerprint density at radius 1 is 1.23 bits per heavy atom. The summed E-state index contributed by atoms with van der Waals surface area (Å²) in [4.78, 5) is 5.47. The molecule has 2 aromatic rings. The van der Waals surface area contributed by atoms with Crippen molar-refractivity contribution in [1.29, 1.82) is 0 Å². The predicted molar refractivity (Wildman–Crippen MR) is 81.9 cm³/mol. The van der Waals surface area contributed by atoms with Crippen molar-refractivity contribution in [2.75, 3.05) is 16.8 Å². The molecule has 1 aromatic carbocycles. The first-order valence-corrected chi connectivity index (χ1v) is 8.04. The Kier molecular flexibility index (Phi) is 3.53. The van der Waals surface area contributed by atoms with E-state index >= 15 is 0 Å². The highest BCUT2D eigenvalue weighted by atomic mass is 32.2. The van der Waals surface area contributed by atoms with Crippen molar-refractivity contribution in [1.82, 2.24) is 4.98 Å². The molecule has 0 amide bonds. The molecule has 0 radical (unpaired) electrons. The van der Waals surface area contributed by atoms with E-state index in [0.717, 1.165) is 11.8 Å². The second kappa shape index (κ2) is 5.38. The van der Waals surface area contributed by atoms with Gasteiger partial charge < -0.3 is 10.2 Å². The third-order valence-electron chi connectivity index (χ3n) is 3.22. The summed E-state index contributed by atoms with van der Waals surface area (Å²) in [6.07, 6.45) is 3.22. The molecule has 2 heterocycles. The molecule has 0 bridgehead atoms. The molecule has 8 heteroatoms. The number of aromatic nitrogens is 1. The average molecular weight is 320 g/mol. The molecule has 0 saturated carbocycles. The van der Waals surface area contributed by atoms with Crippen LogP contribution in [-0.4, -0.2) is 25.9 Å². The molecular weight excluding hydrogens is 307 g/mol. The van der Waals surface area contributed by atoms with Crippen molar-refractivity contribution in [3.63, 3.8) is 0 Å². The van der Waals surface area contributed by atoms with Crippen molar-refractivity contribution in [2.24, 2.45) is 4.40 Å². The molecule has 1 aromatic heterocycles. The lowest BCUT2D eigenvalue weighted by atomic mass is 10.3. The lowest BCUT2D eigenvalue weighted by molar-refractivity contribution is 0.592. The first kappa shape index (κ1) is 14.5. The van der Waals surface area contributed by atoms with Gasteiger partial charge in [0.2, 0.25) is 5.96 Å². The number of nitrogens with zero attached hydrogens (tertiary/aromatic N) is 3. The van der Waals surface area contributed by atoms with Gasteiger partial charge in [-0.25, -0.2) is 4.39 Å². The lowest BCUT2D eigenvalue weighted by Crippen LogP contribution is -2.39. The van der Waals surface area contributed by atoms with Crippen LogP contribution in [0.2, 0.25) is 0 Å². The molecular formula is C14H13FN4O2S. The number of benzene rings is 1. The van der Waals surface area contributed by atoms with Gasteiger partial charge >= 0.3 is 0 Å². The standard InChI is InChI=1S/C14H13FN4O2S/c1-2-19(11-5-7-16-8-6-11)14-17-12-4-3-10(15)9-13(12)22(20,21)18-14/h3-9H,2H2,1H3,(H,17,18). The summed E-state index contributed by atoms with van der Waals surface area (Å²) < 4.78 is 41.5. The maximum Gasteiger partial charge on any atom is 0.287 e. The van der Waals surface area contributed by atoms with E-state index in [1.807, 2.05) is 6.92 Å². The molecule has 0 unspecified atom stereocenters. The zero-order chi connectivity index (χ0) is 15.7. The topological polar surface area (TPSA) is 74.7 Å². The fourth-order valence-electron chi connectivity index (χ4n) is 2.21. The van der Waals surface area contributed by atoms with Gasteiger partial charge in [0.1, 0.15) is 10.7 Å². The van der Waals surface area contributed by atoms with Crippen molar-refractivity contribution in [3.05, 3.63) is 48.5 Å². The van der Waals surface area contributed by atoms with Gasteiger partial charge in [0, 0.05) is 24.6 Å². The van der Waals surface area contributed by atoms with E-state index in [1.165, 1.54) is 12.1 Å². The molecule has 0 spiro atoms. The molecule has 1 aliphatic rings. The summed E-state index contributed by atoms with van der Waals surface area (Å²) in [5, 5.41) is 2.94. The highest BCUT2D eigenvalue weighted by molar-refractivity contribution is 7.90. The smallest absolute Gasteiger partial charge is 0.287 e. The monoisotopic (exact) mass is 320 g/mol. The maximum absolute atomic E-state index is 13.3. The van der Waals surface area contributed by atoms with Crippen LogP contribution in [0.3, 0.4) is 0 Å². The molecule has 6 nitrogen and oxygen atoms in total. The Labute approximate surface area is 127 Å². The fraction of sp³-hybridized carbons (Fsp3) is 0.143. The van der Waals surface area contributed by atoms with Crippen molar-refractivity contribution in [3.8, 4) is 0 Å². The van der Waals surface area contributed by atoms with E-state index < -0.39 is 15.8 Å². The highest BCUT2D eigenvalue weighted by Gasteiger charge is 2.28. The van der Waals surface area contributed by atoms with E-state index in [9.17, 15) is 12.8 Å². The van der Waals surface area contributed by atoms with Gasteiger partial charge in [-0.05, 0) is 37.3 Å². The van der Waals surface area contributed by atoms with Crippen LogP contribution in [0.25, 0.3) is 0 Å². The summed E-state index contributed by atoms with van der Waals surface area (Å²) in [5.74, 6) is -0.447. The highest BCUT2D eigenvalue weighted by Crippen LogP contribution is 2.29. The Morgan fingerprint density at radius 2 is 1.95 bits per heavy atom. The van der Waals surface area contributed by atoms with Crippen LogP contribution in [0.5, 0.6) is 0 Å². The number of hydrogen-bond acceptors (Lipinski definition) is 5. The maximum atomic E-state index is 13.3. The number of guanidine groups is 1. The third-order valence-corrected chi connectivity index (χ3v) is 4.53. The zero-order valence-corrected chi connectivity index (χ0v) is 12.5. The molecule has 0 aliphatic carbocycles. The van der Waals surface area contributed by atoms with E-state index in [1.54, 1.807) is 29.4 Å².